The largest absolute Gasteiger partial charge is 0.466 e. The number of carbonyl (C=O) groups excluding carboxylic acids is 3. The van der Waals surface area contributed by atoms with Gasteiger partial charge in [0.15, 0.2) is 0 Å². The summed E-state index contributed by atoms with van der Waals surface area (Å²) in [5.74, 6) is -1.40. The van der Waals surface area contributed by atoms with Crippen LogP contribution in [0.1, 0.15) is 10.4 Å². The Bertz CT molecular complexity index is 747. The average Bonchev–Trinajstić information content (AvgIpc) is 2.90. The number of anilines is 1. The molecule has 0 saturated heterocycles. The lowest BCUT2D eigenvalue weighted by molar-refractivity contribution is -0.136. The Morgan fingerprint density at radius 2 is 2.12 bits per heavy atom. The SMILES string of the molecule is CNC(=O)c1ccc(NC2=C(C(=O)OC)CN(CCO)C2=O)cc1Cl. The van der Waals surface area contributed by atoms with Gasteiger partial charge in [0.05, 0.1) is 36.4 Å². The first-order chi connectivity index (χ1) is 11.9. The van der Waals surface area contributed by atoms with Gasteiger partial charge < -0.3 is 25.4 Å². The minimum Gasteiger partial charge on any atom is -0.466 e. The highest BCUT2D eigenvalue weighted by molar-refractivity contribution is 6.34. The van der Waals surface area contributed by atoms with Crippen LogP contribution in [0.3, 0.4) is 0 Å². The van der Waals surface area contributed by atoms with E-state index in [1.807, 2.05) is 0 Å². The van der Waals surface area contributed by atoms with Crippen LogP contribution in [0.2, 0.25) is 5.02 Å². The fourth-order valence-corrected chi connectivity index (χ4v) is 2.67. The molecule has 0 aliphatic carbocycles. The molecule has 1 aromatic rings. The first-order valence-corrected chi connectivity index (χ1v) is 7.81. The van der Waals surface area contributed by atoms with Crippen molar-refractivity contribution in [1.29, 1.82) is 0 Å². The molecule has 0 saturated carbocycles. The summed E-state index contributed by atoms with van der Waals surface area (Å²) in [4.78, 5) is 37.3. The summed E-state index contributed by atoms with van der Waals surface area (Å²) in [6, 6.07) is 4.56. The number of halogens is 1. The number of rotatable bonds is 6. The Morgan fingerprint density at radius 1 is 1.40 bits per heavy atom. The van der Waals surface area contributed by atoms with Crippen LogP contribution in [0, 0.1) is 0 Å². The predicted octanol–water partition coefficient (Wildman–Crippen LogP) is 0.373. The molecule has 8 nitrogen and oxygen atoms in total. The van der Waals surface area contributed by atoms with Crippen LogP contribution in [-0.2, 0) is 14.3 Å². The van der Waals surface area contributed by atoms with E-state index in [0.29, 0.717) is 5.69 Å². The number of carbonyl (C=O) groups is 3. The summed E-state index contributed by atoms with van der Waals surface area (Å²) in [6.07, 6.45) is 0. The second-order valence-corrected chi connectivity index (χ2v) is 5.60. The van der Waals surface area contributed by atoms with E-state index in [-0.39, 0.29) is 47.5 Å². The fraction of sp³-hybridized carbons (Fsp3) is 0.312. The van der Waals surface area contributed by atoms with Gasteiger partial charge in [-0.2, -0.15) is 0 Å². The third kappa shape index (κ3) is 3.92. The maximum Gasteiger partial charge on any atom is 0.337 e. The van der Waals surface area contributed by atoms with Crippen LogP contribution < -0.4 is 10.6 Å². The number of nitrogens with one attached hydrogen (secondary N) is 2. The smallest absolute Gasteiger partial charge is 0.337 e. The van der Waals surface area contributed by atoms with Gasteiger partial charge in [0, 0.05) is 19.3 Å². The number of hydrogen-bond donors (Lipinski definition) is 3. The molecule has 0 unspecified atom stereocenters. The predicted molar refractivity (Wildman–Crippen MR) is 91.2 cm³/mol. The number of benzene rings is 1. The topological polar surface area (TPSA) is 108 Å². The second-order valence-electron chi connectivity index (χ2n) is 5.19. The normalized spacial score (nSPS) is 13.9. The van der Waals surface area contributed by atoms with Gasteiger partial charge in [-0.1, -0.05) is 11.6 Å². The van der Waals surface area contributed by atoms with Crippen LogP contribution in [0.25, 0.3) is 0 Å². The van der Waals surface area contributed by atoms with Crippen molar-refractivity contribution in [2.45, 2.75) is 0 Å². The minimum atomic E-state index is -0.635. The molecule has 0 fully saturated rings. The molecular formula is C16H18ClN3O5. The number of β-amino-alcohol motifs (C(OH)–C–C–N with tert-alkyl or cyclic N) is 1. The summed E-state index contributed by atoms with van der Waals surface area (Å²) < 4.78 is 4.71. The molecule has 3 N–H and O–H groups in total. The number of ether oxygens (including phenoxy) is 1. The van der Waals surface area contributed by atoms with Gasteiger partial charge in [-0.15, -0.1) is 0 Å². The molecule has 0 atom stereocenters. The maximum atomic E-state index is 12.4. The van der Waals surface area contributed by atoms with E-state index in [1.54, 1.807) is 6.07 Å². The zero-order valence-corrected chi connectivity index (χ0v) is 14.5. The van der Waals surface area contributed by atoms with E-state index in [4.69, 9.17) is 21.4 Å². The molecule has 1 aliphatic heterocycles. The van der Waals surface area contributed by atoms with Crippen molar-refractivity contribution < 1.29 is 24.2 Å². The zero-order chi connectivity index (χ0) is 18.6. The zero-order valence-electron chi connectivity index (χ0n) is 13.8. The van der Waals surface area contributed by atoms with Gasteiger partial charge in [-0.3, -0.25) is 9.59 Å². The summed E-state index contributed by atoms with van der Waals surface area (Å²) >= 11 is 6.09. The quantitative estimate of drug-likeness (QED) is 0.627. The van der Waals surface area contributed by atoms with E-state index in [1.165, 1.54) is 31.2 Å². The monoisotopic (exact) mass is 367 g/mol. The first kappa shape index (κ1) is 18.8. The van der Waals surface area contributed by atoms with Crippen molar-refractivity contribution in [2.75, 3.05) is 39.2 Å². The summed E-state index contributed by atoms with van der Waals surface area (Å²) in [6.45, 7) is -0.0839. The Kier molecular flexibility index (Phi) is 6.00. The van der Waals surface area contributed by atoms with Gasteiger partial charge >= 0.3 is 5.97 Å². The Morgan fingerprint density at radius 3 is 2.68 bits per heavy atom. The van der Waals surface area contributed by atoms with E-state index in [9.17, 15) is 14.4 Å². The van der Waals surface area contributed by atoms with Gasteiger partial charge in [0.2, 0.25) is 0 Å². The van der Waals surface area contributed by atoms with Crippen molar-refractivity contribution in [3.63, 3.8) is 0 Å². The van der Waals surface area contributed by atoms with E-state index in [0.717, 1.165) is 0 Å². The Balaban J connectivity index is 2.32. The van der Waals surface area contributed by atoms with Crippen molar-refractivity contribution in [1.82, 2.24) is 10.2 Å². The molecule has 2 amide bonds. The molecular weight excluding hydrogens is 350 g/mol. The number of aliphatic hydroxyl groups is 1. The molecule has 134 valence electrons. The standard InChI is InChI=1S/C16H18ClN3O5/c1-18-14(22)10-4-3-9(7-12(10)17)19-13-11(16(24)25-2)8-20(5-6-21)15(13)23/h3-4,7,19,21H,5-6,8H2,1-2H3,(H,18,22). The molecule has 25 heavy (non-hydrogen) atoms. The van der Waals surface area contributed by atoms with Crippen molar-refractivity contribution in [3.8, 4) is 0 Å². The average molecular weight is 368 g/mol. The van der Waals surface area contributed by atoms with Gasteiger partial charge in [-0.05, 0) is 18.2 Å². The number of methoxy groups -OCH3 is 1. The van der Waals surface area contributed by atoms with Crippen molar-refractivity contribution in [2.24, 2.45) is 0 Å². The van der Waals surface area contributed by atoms with E-state index in [2.05, 4.69) is 10.6 Å². The van der Waals surface area contributed by atoms with E-state index < -0.39 is 11.9 Å². The first-order valence-electron chi connectivity index (χ1n) is 7.43. The molecule has 0 spiro atoms. The second kappa shape index (κ2) is 8.00. The van der Waals surface area contributed by atoms with Gasteiger partial charge in [0.1, 0.15) is 5.70 Å². The van der Waals surface area contributed by atoms with Crippen LogP contribution >= 0.6 is 11.6 Å². The minimum absolute atomic E-state index is 0.0401. The lowest BCUT2D eigenvalue weighted by Crippen LogP contribution is -2.31. The third-order valence-corrected chi connectivity index (χ3v) is 3.98. The Hall–Kier alpha value is -2.58. The highest BCUT2D eigenvalue weighted by Gasteiger charge is 2.34. The highest BCUT2D eigenvalue weighted by Crippen LogP contribution is 2.26. The molecule has 0 bridgehead atoms. The number of nitrogens with zero attached hydrogens (tertiary/aromatic N) is 1. The molecule has 1 heterocycles. The number of amides is 2. The van der Waals surface area contributed by atoms with E-state index >= 15 is 0 Å². The summed E-state index contributed by atoms with van der Waals surface area (Å²) in [5.41, 5.74) is 0.946. The van der Waals surface area contributed by atoms with Crippen molar-refractivity contribution >= 4 is 35.1 Å². The molecule has 1 aromatic carbocycles. The molecule has 2 rings (SSSR count). The molecule has 1 aliphatic rings. The summed E-state index contributed by atoms with van der Waals surface area (Å²) in [7, 11) is 2.71. The molecule has 0 aromatic heterocycles. The van der Waals surface area contributed by atoms with Crippen molar-refractivity contribution in [3.05, 3.63) is 40.1 Å². The molecule has 0 radical (unpaired) electrons. The summed E-state index contributed by atoms with van der Waals surface area (Å²) in [5, 5.41) is 14.6. The third-order valence-electron chi connectivity index (χ3n) is 3.66. The highest BCUT2D eigenvalue weighted by atomic mass is 35.5. The maximum absolute atomic E-state index is 12.4. The van der Waals surface area contributed by atoms with Crippen LogP contribution in [0.15, 0.2) is 29.5 Å². The van der Waals surface area contributed by atoms with Crippen LogP contribution in [-0.4, -0.2) is 61.6 Å². The molecule has 9 heteroatoms. The number of hydrogen-bond acceptors (Lipinski definition) is 6. The lowest BCUT2D eigenvalue weighted by Gasteiger charge is -2.15. The number of aliphatic hydroxyl groups excluding tert-OH is 1. The van der Waals surface area contributed by atoms with Gasteiger partial charge in [-0.25, -0.2) is 4.79 Å². The van der Waals surface area contributed by atoms with Crippen LogP contribution in [0.5, 0.6) is 0 Å². The van der Waals surface area contributed by atoms with Gasteiger partial charge in [0.25, 0.3) is 11.8 Å². The number of esters is 1. The Labute approximate surface area is 149 Å². The lowest BCUT2D eigenvalue weighted by atomic mass is 10.1. The fourth-order valence-electron chi connectivity index (χ4n) is 2.40. The van der Waals surface area contributed by atoms with Crippen LogP contribution in [0.4, 0.5) is 5.69 Å².